The third-order valence-electron chi connectivity index (χ3n) is 5.07. The van der Waals surface area contributed by atoms with Crippen molar-refractivity contribution in [3.8, 4) is 17.2 Å². The number of rotatable bonds is 10. The molecular weight excluding hydrogens is 392 g/mol. The molecule has 0 spiro atoms. The van der Waals surface area contributed by atoms with Crippen LogP contribution in [0.15, 0.2) is 55.1 Å². The van der Waals surface area contributed by atoms with Crippen molar-refractivity contribution in [2.45, 2.75) is 26.4 Å². The lowest BCUT2D eigenvalue weighted by Gasteiger charge is -2.26. The van der Waals surface area contributed by atoms with Gasteiger partial charge in [-0.2, -0.15) is 0 Å². The van der Waals surface area contributed by atoms with E-state index in [0.29, 0.717) is 32.9 Å². The summed E-state index contributed by atoms with van der Waals surface area (Å²) in [6.07, 6.45) is 1.72. The molecular formula is C25H32N2O4. The minimum absolute atomic E-state index is 0.0120. The molecule has 0 unspecified atom stereocenters. The zero-order valence-corrected chi connectivity index (χ0v) is 18.6. The molecule has 0 fully saturated rings. The first-order valence-corrected chi connectivity index (χ1v) is 10.7. The van der Waals surface area contributed by atoms with E-state index in [1.54, 1.807) is 6.08 Å². The van der Waals surface area contributed by atoms with Crippen LogP contribution in [0.4, 0.5) is 0 Å². The lowest BCUT2D eigenvalue weighted by Crippen LogP contribution is -2.38. The van der Waals surface area contributed by atoms with Gasteiger partial charge in [0.25, 0.3) is 0 Å². The van der Waals surface area contributed by atoms with Gasteiger partial charge >= 0.3 is 0 Å². The molecule has 2 aromatic rings. The summed E-state index contributed by atoms with van der Waals surface area (Å²) in [7, 11) is 1.94. The first kappa shape index (κ1) is 22.7. The zero-order chi connectivity index (χ0) is 22.2. The van der Waals surface area contributed by atoms with E-state index in [9.17, 15) is 4.79 Å². The number of ether oxygens (including phenoxy) is 3. The third kappa shape index (κ3) is 6.49. The number of likely N-dealkylation sites (N-methyl/N-ethyl adjacent to an activating group) is 1. The molecule has 1 aliphatic rings. The Bertz CT molecular complexity index is 880. The lowest BCUT2D eigenvalue weighted by atomic mass is 9.95. The third-order valence-corrected chi connectivity index (χ3v) is 5.07. The molecule has 1 heterocycles. The maximum Gasteiger partial charge on any atom is 0.234 e. The van der Waals surface area contributed by atoms with Crippen LogP contribution in [0.5, 0.6) is 17.2 Å². The van der Waals surface area contributed by atoms with Crippen LogP contribution in [-0.4, -0.2) is 44.2 Å². The van der Waals surface area contributed by atoms with Crippen molar-refractivity contribution >= 4 is 5.91 Å². The molecule has 0 saturated carbocycles. The van der Waals surface area contributed by atoms with Crippen molar-refractivity contribution in [2.75, 3.05) is 33.4 Å². The molecule has 0 radical (unpaired) electrons. The monoisotopic (exact) mass is 424 g/mol. The highest BCUT2D eigenvalue weighted by molar-refractivity contribution is 5.78. The van der Waals surface area contributed by atoms with Gasteiger partial charge in [0.1, 0.15) is 25.6 Å². The zero-order valence-electron chi connectivity index (χ0n) is 18.6. The van der Waals surface area contributed by atoms with Crippen LogP contribution in [0.3, 0.4) is 0 Å². The summed E-state index contributed by atoms with van der Waals surface area (Å²) in [4.78, 5) is 14.8. The Labute approximate surface area is 184 Å². The van der Waals surface area contributed by atoms with Crippen LogP contribution in [0, 0.1) is 5.92 Å². The van der Waals surface area contributed by atoms with E-state index in [1.165, 1.54) is 0 Å². The molecule has 2 aromatic carbocycles. The Kier molecular flexibility index (Phi) is 7.95. The van der Waals surface area contributed by atoms with Gasteiger partial charge < -0.3 is 19.5 Å². The number of hydrogen-bond acceptors (Lipinski definition) is 5. The largest absolute Gasteiger partial charge is 0.490 e. The Morgan fingerprint density at radius 3 is 2.55 bits per heavy atom. The number of nitrogens with zero attached hydrogens (tertiary/aromatic N) is 1. The highest BCUT2D eigenvalue weighted by atomic mass is 16.6. The number of carbonyl (C=O) groups is 1. The number of benzene rings is 2. The molecule has 6 nitrogen and oxygen atoms in total. The number of hydrogen-bond donors (Lipinski definition) is 1. The second kappa shape index (κ2) is 10.9. The Hall–Kier alpha value is -2.99. The fraction of sp³-hybridized carbons (Fsp3) is 0.400. The minimum atomic E-state index is -0.0991. The normalized spacial score (nSPS) is 13.7. The van der Waals surface area contributed by atoms with Crippen molar-refractivity contribution in [2.24, 2.45) is 5.92 Å². The number of amides is 1. The summed E-state index contributed by atoms with van der Waals surface area (Å²) >= 11 is 0. The molecule has 0 aromatic heterocycles. The second-order valence-electron chi connectivity index (χ2n) is 8.11. The van der Waals surface area contributed by atoms with E-state index in [0.717, 1.165) is 28.4 Å². The van der Waals surface area contributed by atoms with Gasteiger partial charge in [-0.3, -0.25) is 9.69 Å². The van der Waals surface area contributed by atoms with Gasteiger partial charge in [-0.05, 0) is 48.4 Å². The fourth-order valence-electron chi connectivity index (χ4n) is 3.57. The molecule has 1 N–H and O–H groups in total. The quantitative estimate of drug-likeness (QED) is 0.585. The number of fused-ring (bicyclic) bond motifs is 1. The van der Waals surface area contributed by atoms with Crippen molar-refractivity contribution in [3.05, 3.63) is 66.2 Å². The number of nitrogens with one attached hydrogen (secondary N) is 1. The summed E-state index contributed by atoms with van der Waals surface area (Å²) in [5.41, 5.74) is 2.14. The van der Waals surface area contributed by atoms with Gasteiger partial charge in [-0.1, -0.05) is 44.7 Å². The Morgan fingerprint density at radius 1 is 1.16 bits per heavy atom. The molecule has 0 aliphatic carbocycles. The molecule has 0 saturated heterocycles. The van der Waals surface area contributed by atoms with E-state index < -0.39 is 0 Å². The van der Waals surface area contributed by atoms with E-state index >= 15 is 0 Å². The van der Waals surface area contributed by atoms with Gasteiger partial charge in [-0.25, -0.2) is 0 Å². The summed E-state index contributed by atoms with van der Waals surface area (Å²) in [6, 6.07) is 13.7. The maximum absolute atomic E-state index is 12.8. The standard InChI is InChI=1S/C25H32N2O4/c1-5-12-29-21-9-6-19(7-10-21)16-27(4)17-24(28)26-25(18(2)3)20-8-11-22-23(15-20)31-14-13-30-22/h5-11,15,18,25H,1,12-14,16-17H2,2-4H3,(H,26,28)/t25-/m0/s1. The Balaban J connectivity index is 1.56. The van der Waals surface area contributed by atoms with Crippen LogP contribution >= 0.6 is 0 Å². The van der Waals surface area contributed by atoms with Crippen LogP contribution in [0.1, 0.15) is 31.0 Å². The summed E-state index contributed by atoms with van der Waals surface area (Å²) < 4.78 is 16.8. The molecule has 1 aliphatic heterocycles. The van der Waals surface area contributed by atoms with Gasteiger partial charge in [0.05, 0.1) is 12.6 Å². The van der Waals surface area contributed by atoms with Gasteiger partial charge in [0, 0.05) is 6.54 Å². The van der Waals surface area contributed by atoms with Crippen molar-refractivity contribution < 1.29 is 19.0 Å². The molecule has 166 valence electrons. The molecule has 6 heteroatoms. The van der Waals surface area contributed by atoms with Gasteiger partial charge in [0.15, 0.2) is 11.5 Å². The van der Waals surface area contributed by atoms with Crippen LogP contribution in [-0.2, 0) is 11.3 Å². The highest BCUT2D eigenvalue weighted by Crippen LogP contribution is 2.34. The molecule has 0 bridgehead atoms. The second-order valence-corrected chi connectivity index (χ2v) is 8.11. The SMILES string of the molecule is C=CCOc1ccc(CN(C)CC(=O)N[C@H](c2ccc3c(c2)OCCO3)C(C)C)cc1. The van der Waals surface area contributed by atoms with Crippen molar-refractivity contribution in [1.29, 1.82) is 0 Å². The van der Waals surface area contributed by atoms with Crippen molar-refractivity contribution in [1.82, 2.24) is 10.2 Å². The fourth-order valence-corrected chi connectivity index (χ4v) is 3.57. The summed E-state index contributed by atoms with van der Waals surface area (Å²) in [6.45, 7) is 10.4. The molecule has 3 rings (SSSR count). The smallest absolute Gasteiger partial charge is 0.234 e. The topological polar surface area (TPSA) is 60.0 Å². The van der Waals surface area contributed by atoms with E-state index in [4.69, 9.17) is 14.2 Å². The Morgan fingerprint density at radius 2 is 1.87 bits per heavy atom. The van der Waals surface area contributed by atoms with Crippen LogP contribution in [0.2, 0.25) is 0 Å². The molecule has 1 atom stereocenters. The average molecular weight is 425 g/mol. The lowest BCUT2D eigenvalue weighted by molar-refractivity contribution is -0.123. The van der Waals surface area contributed by atoms with Crippen LogP contribution < -0.4 is 19.5 Å². The van der Waals surface area contributed by atoms with E-state index in [2.05, 4.69) is 25.7 Å². The highest BCUT2D eigenvalue weighted by Gasteiger charge is 2.22. The predicted octanol–water partition coefficient (Wildman–Crippen LogP) is 3.97. The average Bonchev–Trinajstić information content (AvgIpc) is 2.76. The predicted molar refractivity (Wildman–Crippen MR) is 122 cm³/mol. The van der Waals surface area contributed by atoms with Crippen molar-refractivity contribution in [3.63, 3.8) is 0 Å². The first-order valence-electron chi connectivity index (χ1n) is 10.7. The van der Waals surface area contributed by atoms with Crippen LogP contribution in [0.25, 0.3) is 0 Å². The summed E-state index contributed by atoms with van der Waals surface area (Å²) in [5.74, 6) is 2.52. The van der Waals surface area contributed by atoms with E-state index in [1.807, 2.05) is 54.4 Å². The molecule has 31 heavy (non-hydrogen) atoms. The van der Waals surface area contributed by atoms with E-state index in [-0.39, 0.29) is 17.9 Å². The minimum Gasteiger partial charge on any atom is -0.490 e. The van der Waals surface area contributed by atoms with Gasteiger partial charge in [-0.15, -0.1) is 0 Å². The maximum atomic E-state index is 12.8. The molecule has 1 amide bonds. The first-order chi connectivity index (χ1) is 15.0. The number of carbonyl (C=O) groups excluding carboxylic acids is 1. The summed E-state index contributed by atoms with van der Waals surface area (Å²) in [5, 5.41) is 3.18. The van der Waals surface area contributed by atoms with Gasteiger partial charge in [0.2, 0.25) is 5.91 Å².